The van der Waals surface area contributed by atoms with E-state index in [1.165, 1.54) is 37.1 Å². The van der Waals surface area contributed by atoms with E-state index in [0.717, 1.165) is 31.0 Å². The van der Waals surface area contributed by atoms with Crippen LogP contribution in [0, 0.1) is 11.8 Å². The van der Waals surface area contributed by atoms with Crippen LogP contribution in [-0.4, -0.2) is 19.1 Å². The second-order valence-corrected chi connectivity index (χ2v) is 6.14. The highest BCUT2D eigenvalue weighted by Crippen LogP contribution is 2.45. The summed E-state index contributed by atoms with van der Waals surface area (Å²) in [5.74, 6) is 1.95. The summed E-state index contributed by atoms with van der Waals surface area (Å²) < 4.78 is 0. The molecule has 0 spiro atoms. The van der Waals surface area contributed by atoms with Gasteiger partial charge in [-0.25, -0.2) is 0 Å². The van der Waals surface area contributed by atoms with Gasteiger partial charge < -0.3 is 10.2 Å². The number of anilines is 2. The van der Waals surface area contributed by atoms with Gasteiger partial charge in [0.1, 0.15) is 0 Å². The maximum absolute atomic E-state index is 3.76. The van der Waals surface area contributed by atoms with Crippen molar-refractivity contribution in [3.8, 4) is 0 Å². The molecule has 2 saturated carbocycles. The molecule has 0 aliphatic heterocycles. The molecule has 1 aromatic carbocycles. The summed E-state index contributed by atoms with van der Waals surface area (Å²) in [7, 11) is 0. The van der Waals surface area contributed by atoms with E-state index in [9.17, 15) is 0 Å². The van der Waals surface area contributed by atoms with Crippen LogP contribution in [0.15, 0.2) is 24.3 Å². The molecule has 2 bridgehead atoms. The molecule has 0 radical (unpaired) electrons. The lowest BCUT2D eigenvalue weighted by atomic mass is 9.95. The zero-order valence-electron chi connectivity index (χ0n) is 12.2. The fraction of sp³-hybridized carbons (Fsp3) is 0.647. The largest absolute Gasteiger partial charge is 0.382 e. The molecular weight excluding hydrogens is 232 g/mol. The smallest absolute Gasteiger partial charge is 0.0367 e. The van der Waals surface area contributed by atoms with Gasteiger partial charge in [0.05, 0.1) is 0 Å². The predicted octanol–water partition coefficient (Wildman–Crippen LogP) is 4.13. The van der Waals surface area contributed by atoms with Crippen molar-refractivity contribution in [1.29, 1.82) is 0 Å². The van der Waals surface area contributed by atoms with Crippen LogP contribution in [-0.2, 0) is 0 Å². The third-order valence-corrected chi connectivity index (χ3v) is 5.09. The second kappa shape index (κ2) is 5.44. The molecule has 104 valence electrons. The van der Waals surface area contributed by atoms with Crippen LogP contribution in [0.5, 0.6) is 0 Å². The number of hydrogen-bond donors (Lipinski definition) is 1. The molecule has 1 aromatic rings. The molecule has 2 fully saturated rings. The molecule has 3 atom stereocenters. The Labute approximate surface area is 117 Å². The van der Waals surface area contributed by atoms with Crippen LogP contribution < -0.4 is 10.2 Å². The fourth-order valence-electron chi connectivity index (χ4n) is 3.99. The van der Waals surface area contributed by atoms with Gasteiger partial charge in [0.25, 0.3) is 0 Å². The van der Waals surface area contributed by atoms with E-state index in [4.69, 9.17) is 0 Å². The molecule has 0 amide bonds. The van der Waals surface area contributed by atoms with Crippen molar-refractivity contribution < 1.29 is 0 Å². The average molecular weight is 258 g/mol. The molecule has 0 saturated heterocycles. The summed E-state index contributed by atoms with van der Waals surface area (Å²) >= 11 is 0. The zero-order valence-corrected chi connectivity index (χ0v) is 12.2. The van der Waals surface area contributed by atoms with Crippen molar-refractivity contribution in [1.82, 2.24) is 0 Å². The van der Waals surface area contributed by atoms with Crippen molar-refractivity contribution in [2.75, 3.05) is 23.3 Å². The fourth-order valence-corrected chi connectivity index (χ4v) is 3.99. The third kappa shape index (κ3) is 2.58. The van der Waals surface area contributed by atoms with Crippen molar-refractivity contribution in [2.45, 2.75) is 45.6 Å². The third-order valence-electron chi connectivity index (χ3n) is 5.09. The van der Waals surface area contributed by atoms with Crippen LogP contribution >= 0.6 is 0 Å². The Morgan fingerprint density at radius 2 is 1.79 bits per heavy atom. The highest BCUT2D eigenvalue weighted by molar-refractivity contribution is 5.55. The molecule has 19 heavy (non-hydrogen) atoms. The van der Waals surface area contributed by atoms with Gasteiger partial charge in [-0.1, -0.05) is 6.42 Å². The Kier molecular flexibility index (Phi) is 3.67. The molecule has 2 aliphatic carbocycles. The minimum atomic E-state index is 0.734. The van der Waals surface area contributed by atoms with E-state index in [2.05, 4.69) is 48.3 Å². The Morgan fingerprint density at radius 1 is 1.05 bits per heavy atom. The van der Waals surface area contributed by atoms with Crippen molar-refractivity contribution in [3.63, 3.8) is 0 Å². The van der Waals surface area contributed by atoms with E-state index in [1.807, 2.05) is 0 Å². The SMILES string of the molecule is CCN(CC)c1ccc(NC2CC3CCC2C3)cc1. The van der Waals surface area contributed by atoms with Gasteiger partial charge >= 0.3 is 0 Å². The minimum absolute atomic E-state index is 0.734. The number of benzene rings is 1. The highest BCUT2D eigenvalue weighted by Gasteiger charge is 2.39. The Balaban J connectivity index is 1.63. The van der Waals surface area contributed by atoms with Crippen molar-refractivity contribution in [3.05, 3.63) is 24.3 Å². The summed E-state index contributed by atoms with van der Waals surface area (Å²) in [5.41, 5.74) is 2.64. The van der Waals surface area contributed by atoms with E-state index in [1.54, 1.807) is 0 Å². The molecular formula is C17H26N2. The van der Waals surface area contributed by atoms with Crippen LogP contribution in [0.1, 0.15) is 39.5 Å². The zero-order chi connectivity index (χ0) is 13.2. The number of fused-ring (bicyclic) bond motifs is 2. The Morgan fingerprint density at radius 3 is 2.32 bits per heavy atom. The average Bonchev–Trinajstić information content (AvgIpc) is 3.04. The first-order valence-corrected chi connectivity index (χ1v) is 7.91. The first kappa shape index (κ1) is 12.8. The molecule has 3 unspecified atom stereocenters. The molecule has 2 heteroatoms. The standard InChI is InChI=1S/C17H26N2/c1-3-19(4-2)16-9-7-15(8-10-16)18-17-12-13-5-6-14(17)11-13/h7-10,13-14,17-18H,3-6,11-12H2,1-2H3. The van der Waals surface area contributed by atoms with Gasteiger partial charge in [-0.15, -0.1) is 0 Å². The first-order valence-electron chi connectivity index (χ1n) is 7.91. The predicted molar refractivity (Wildman–Crippen MR) is 82.9 cm³/mol. The molecule has 0 aromatic heterocycles. The first-order chi connectivity index (χ1) is 9.30. The molecule has 1 N–H and O–H groups in total. The van der Waals surface area contributed by atoms with Crippen LogP contribution in [0.2, 0.25) is 0 Å². The maximum atomic E-state index is 3.76. The Hall–Kier alpha value is -1.18. The van der Waals surface area contributed by atoms with Gasteiger partial charge in [0.15, 0.2) is 0 Å². The van der Waals surface area contributed by atoms with Crippen molar-refractivity contribution in [2.24, 2.45) is 11.8 Å². The highest BCUT2D eigenvalue weighted by atomic mass is 15.1. The van der Waals surface area contributed by atoms with Crippen LogP contribution in [0.4, 0.5) is 11.4 Å². The van der Waals surface area contributed by atoms with E-state index >= 15 is 0 Å². The Bertz CT molecular complexity index is 408. The molecule has 0 heterocycles. The van der Waals surface area contributed by atoms with Crippen LogP contribution in [0.3, 0.4) is 0 Å². The van der Waals surface area contributed by atoms with E-state index in [0.29, 0.717) is 0 Å². The van der Waals surface area contributed by atoms with Crippen molar-refractivity contribution >= 4 is 11.4 Å². The summed E-state index contributed by atoms with van der Waals surface area (Å²) in [4.78, 5) is 2.39. The topological polar surface area (TPSA) is 15.3 Å². The number of nitrogens with zero attached hydrogens (tertiary/aromatic N) is 1. The molecule has 3 rings (SSSR count). The summed E-state index contributed by atoms with van der Waals surface area (Å²) in [5, 5.41) is 3.76. The lowest BCUT2D eigenvalue weighted by Gasteiger charge is -2.25. The maximum Gasteiger partial charge on any atom is 0.0367 e. The molecule has 2 nitrogen and oxygen atoms in total. The lowest BCUT2D eigenvalue weighted by Crippen LogP contribution is -2.26. The monoisotopic (exact) mass is 258 g/mol. The minimum Gasteiger partial charge on any atom is -0.382 e. The summed E-state index contributed by atoms with van der Waals surface area (Å²) in [6.45, 7) is 6.58. The van der Waals surface area contributed by atoms with Gasteiger partial charge in [-0.3, -0.25) is 0 Å². The van der Waals surface area contributed by atoms with Crippen LogP contribution in [0.25, 0.3) is 0 Å². The normalized spacial score (nSPS) is 28.6. The second-order valence-electron chi connectivity index (χ2n) is 6.14. The summed E-state index contributed by atoms with van der Waals surface area (Å²) in [6.07, 6.45) is 5.78. The van der Waals surface area contributed by atoms with E-state index < -0.39 is 0 Å². The van der Waals surface area contributed by atoms with Gasteiger partial charge in [0, 0.05) is 30.5 Å². The quantitative estimate of drug-likeness (QED) is 0.854. The lowest BCUT2D eigenvalue weighted by molar-refractivity contribution is 0.440. The van der Waals surface area contributed by atoms with Gasteiger partial charge in [0.2, 0.25) is 0 Å². The molecule has 2 aliphatic rings. The number of rotatable bonds is 5. The van der Waals surface area contributed by atoms with E-state index in [-0.39, 0.29) is 0 Å². The van der Waals surface area contributed by atoms with Gasteiger partial charge in [-0.2, -0.15) is 0 Å². The summed E-state index contributed by atoms with van der Waals surface area (Å²) in [6, 6.07) is 9.74. The number of nitrogens with one attached hydrogen (secondary N) is 1. The van der Waals surface area contributed by atoms with Gasteiger partial charge in [-0.05, 0) is 69.2 Å². The number of hydrogen-bond acceptors (Lipinski definition) is 2.